The first-order valence-corrected chi connectivity index (χ1v) is 5.58. The number of carbonyl (C=O) groups excluding carboxylic acids is 1. The van der Waals surface area contributed by atoms with Crippen molar-refractivity contribution in [1.29, 1.82) is 0 Å². The monoisotopic (exact) mass is 284 g/mol. The van der Waals surface area contributed by atoms with Gasteiger partial charge in [0.25, 0.3) is 0 Å². The van der Waals surface area contributed by atoms with Crippen molar-refractivity contribution in [1.82, 2.24) is 0 Å². The molecule has 0 saturated carbocycles. The van der Waals surface area contributed by atoms with Gasteiger partial charge in [-0.1, -0.05) is 52.8 Å². The fraction of sp³-hybridized carbons (Fsp3) is 0.250. The van der Waals surface area contributed by atoms with Gasteiger partial charge in [-0.2, -0.15) is 0 Å². The standard InChI is InChI=1S/C12H13BrO3/c1-10(13)7-16-12(14)9-15-8-11-5-3-2-4-6-11/h2-6H,1,7-9H2. The van der Waals surface area contributed by atoms with E-state index in [1.165, 1.54) is 0 Å². The molecule has 1 aromatic rings. The molecule has 16 heavy (non-hydrogen) atoms. The highest BCUT2D eigenvalue weighted by Gasteiger charge is 2.03. The van der Waals surface area contributed by atoms with Gasteiger partial charge < -0.3 is 9.47 Å². The summed E-state index contributed by atoms with van der Waals surface area (Å²) in [5, 5.41) is 0. The van der Waals surface area contributed by atoms with Crippen molar-refractivity contribution in [3.05, 3.63) is 47.0 Å². The molecule has 0 heterocycles. The summed E-state index contributed by atoms with van der Waals surface area (Å²) in [6.45, 7) is 4.09. The number of ether oxygens (including phenoxy) is 2. The molecule has 0 spiro atoms. The molecular weight excluding hydrogens is 272 g/mol. The fourth-order valence-corrected chi connectivity index (χ4v) is 1.14. The van der Waals surface area contributed by atoms with Crippen molar-refractivity contribution >= 4 is 21.9 Å². The lowest BCUT2D eigenvalue weighted by Gasteiger charge is -2.05. The van der Waals surface area contributed by atoms with Crippen LogP contribution >= 0.6 is 15.9 Å². The predicted molar refractivity (Wildman–Crippen MR) is 65.1 cm³/mol. The molecule has 0 N–H and O–H groups in total. The lowest BCUT2D eigenvalue weighted by atomic mass is 10.2. The second kappa shape index (κ2) is 7.19. The largest absolute Gasteiger partial charge is 0.459 e. The van der Waals surface area contributed by atoms with Gasteiger partial charge in [0, 0.05) is 4.48 Å². The maximum absolute atomic E-state index is 11.1. The smallest absolute Gasteiger partial charge is 0.332 e. The molecule has 3 nitrogen and oxygen atoms in total. The van der Waals surface area contributed by atoms with Crippen LogP contribution in [-0.4, -0.2) is 19.2 Å². The third kappa shape index (κ3) is 5.68. The van der Waals surface area contributed by atoms with E-state index in [4.69, 9.17) is 9.47 Å². The zero-order valence-corrected chi connectivity index (χ0v) is 10.4. The molecule has 0 aliphatic carbocycles. The molecule has 4 heteroatoms. The Hall–Kier alpha value is -1.13. The van der Waals surface area contributed by atoms with Crippen LogP contribution in [0, 0.1) is 0 Å². The molecule has 0 amide bonds. The first-order valence-electron chi connectivity index (χ1n) is 4.79. The maximum Gasteiger partial charge on any atom is 0.332 e. The molecule has 0 atom stereocenters. The quantitative estimate of drug-likeness (QED) is 0.754. The second-order valence-corrected chi connectivity index (χ2v) is 4.28. The van der Waals surface area contributed by atoms with E-state index in [2.05, 4.69) is 22.5 Å². The minimum atomic E-state index is -0.392. The summed E-state index contributed by atoms with van der Waals surface area (Å²) < 4.78 is 10.7. The molecule has 0 unspecified atom stereocenters. The van der Waals surface area contributed by atoms with Crippen LogP contribution in [0.15, 0.2) is 41.4 Å². The summed E-state index contributed by atoms with van der Waals surface area (Å²) in [4.78, 5) is 11.1. The van der Waals surface area contributed by atoms with Crippen LogP contribution in [0.4, 0.5) is 0 Å². The second-order valence-electron chi connectivity index (χ2n) is 3.16. The summed E-state index contributed by atoms with van der Waals surface area (Å²) in [6, 6.07) is 9.65. The van der Waals surface area contributed by atoms with E-state index < -0.39 is 5.97 Å². The Kier molecular flexibility index (Phi) is 5.82. The molecular formula is C12H13BrO3. The molecule has 0 aliphatic heterocycles. The van der Waals surface area contributed by atoms with Crippen molar-refractivity contribution in [3.63, 3.8) is 0 Å². The lowest BCUT2D eigenvalue weighted by Crippen LogP contribution is -2.13. The summed E-state index contributed by atoms with van der Waals surface area (Å²) in [5.74, 6) is -0.392. The fourth-order valence-electron chi connectivity index (χ4n) is 1.03. The predicted octanol–water partition coefficient (Wildman–Crippen LogP) is 2.66. The van der Waals surface area contributed by atoms with Gasteiger partial charge in [-0.05, 0) is 5.56 Å². The molecule has 1 aromatic carbocycles. The molecule has 0 fully saturated rings. The number of carbonyl (C=O) groups is 1. The molecule has 86 valence electrons. The molecule has 0 radical (unpaired) electrons. The summed E-state index contributed by atoms with van der Waals surface area (Å²) in [7, 11) is 0. The Morgan fingerprint density at radius 3 is 2.56 bits per heavy atom. The molecule has 1 rings (SSSR count). The van der Waals surface area contributed by atoms with E-state index in [1.54, 1.807) is 0 Å². The molecule has 0 saturated heterocycles. The van der Waals surface area contributed by atoms with Gasteiger partial charge in [-0.3, -0.25) is 0 Å². The Morgan fingerprint density at radius 1 is 1.25 bits per heavy atom. The summed E-state index contributed by atoms with van der Waals surface area (Å²) in [6.07, 6.45) is 0. The normalized spacial score (nSPS) is 9.81. The van der Waals surface area contributed by atoms with Crippen molar-refractivity contribution in [2.75, 3.05) is 13.2 Å². The van der Waals surface area contributed by atoms with Gasteiger partial charge in [-0.25, -0.2) is 4.79 Å². The van der Waals surface area contributed by atoms with Crippen molar-refractivity contribution in [2.45, 2.75) is 6.61 Å². The molecule has 0 bridgehead atoms. The first kappa shape index (κ1) is 12.9. The highest BCUT2D eigenvalue weighted by molar-refractivity contribution is 9.11. The Morgan fingerprint density at radius 2 is 1.94 bits per heavy atom. The molecule has 0 aromatic heterocycles. The number of rotatable bonds is 6. The Balaban J connectivity index is 2.16. The van der Waals surface area contributed by atoms with Crippen molar-refractivity contribution in [3.8, 4) is 0 Å². The van der Waals surface area contributed by atoms with Crippen molar-refractivity contribution < 1.29 is 14.3 Å². The number of hydrogen-bond donors (Lipinski definition) is 0. The Bertz CT molecular complexity index is 349. The van der Waals surface area contributed by atoms with Crippen LogP contribution in [0.2, 0.25) is 0 Å². The summed E-state index contributed by atoms with van der Waals surface area (Å²) in [5.41, 5.74) is 1.03. The van der Waals surface area contributed by atoms with Crippen molar-refractivity contribution in [2.24, 2.45) is 0 Å². The topological polar surface area (TPSA) is 35.5 Å². The van der Waals surface area contributed by atoms with Gasteiger partial charge in [-0.15, -0.1) is 0 Å². The Labute approximate surface area is 103 Å². The highest BCUT2D eigenvalue weighted by Crippen LogP contribution is 2.02. The third-order valence-electron chi connectivity index (χ3n) is 1.72. The van der Waals surface area contributed by atoms with Gasteiger partial charge in [0.2, 0.25) is 0 Å². The zero-order chi connectivity index (χ0) is 11.8. The average Bonchev–Trinajstić information content (AvgIpc) is 2.28. The van der Waals surface area contributed by atoms with Crippen LogP contribution in [0.1, 0.15) is 5.56 Å². The maximum atomic E-state index is 11.1. The average molecular weight is 285 g/mol. The summed E-state index contributed by atoms with van der Waals surface area (Å²) >= 11 is 3.10. The van der Waals surface area contributed by atoms with Crippen LogP contribution in [0.5, 0.6) is 0 Å². The van der Waals surface area contributed by atoms with E-state index in [0.717, 1.165) is 5.56 Å². The highest BCUT2D eigenvalue weighted by atomic mass is 79.9. The van der Waals surface area contributed by atoms with Gasteiger partial charge >= 0.3 is 5.97 Å². The van der Waals surface area contributed by atoms with E-state index in [9.17, 15) is 4.79 Å². The van der Waals surface area contributed by atoms with E-state index in [1.807, 2.05) is 30.3 Å². The lowest BCUT2D eigenvalue weighted by molar-refractivity contribution is -0.148. The number of esters is 1. The van der Waals surface area contributed by atoms with E-state index in [-0.39, 0.29) is 13.2 Å². The van der Waals surface area contributed by atoms with Gasteiger partial charge in [0.1, 0.15) is 13.2 Å². The number of benzene rings is 1. The first-order chi connectivity index (χ1) is 7.68. The van der Waals surface area contributed by atoms with Crippen LogP contribution in [-0.2, 0) is 20.9 Å². The van der Waals surface area contributed by atoms with Gasteiger partial charge in [0.05, 0.1) is 6.61 Å². The number of hydrogen-bond acceptors (Lipinski definition) is 3. The minimum Gasteiger partial charge on any atom is -0.459 e. The van der Waals surface area contributed by atoms with E-state index in [0.29, 0.717) is 11.1 Å². The number of halogens is 1. The van der Waals surface area contributed by atoms with Crippen LogP contribution in [0.3, 0.4) is 0 Å². The minimum absolute atomic E-state index is 0.0465. The zero-order valence-electron chi connectivity index (χ0n) is 8.82. The van der Waals surface area contributed by atoms with Crippen LogP contribution in [0.25, 0.3) is 0 Å². The van der Waals surface area contributed by atoms with Crippen LogP contribution < -0.4 is 0 Å². The third-order valence-corrected chi connectivity index (χ3v) is 1.95. The molecule has 0 aliphatic rings. The van der Waals surface area contributed by atoms with Gasteiger partial charge in [0.15, 0.2) is 0 Å². The SMILES string of the molecule is C=C(Br)COC(=O)COCc1ccccc1. The van der Waals surface area contributed by atoms with E-state index >= 15 is 0 Å².